The molecule has 3 aliphatic carbocycles. The number of fused-ring (bicyclic) bond motifs is 2. The number of carbonyl (C=O) groups excluding carboxylic acids is 2. The van der Waals surface area contributed by atoms with E-state index in [0.717, 1.165) is 30.4 Å². The summed E-state index contributed by atoms with van der Waals surface area (Å²) in [6.45, 7) is 9.05. The van der Waals surface area contributed by atoms with Gasteiger partial charge in [0.2, 0.25) is 0 Å². The third-order valence-corrected chi connectivity index (χ3v) is 8.61. The third-order valence-electron chi connectivity index (χ3n) is 8.61. The average Bonchev–Trinajstić information content (AvgIpc) is 3.44. The number of hydrogen-bond acceptors (Lipinski definition) is 5. The van der Waals surface area contributed by atoms with Crippen LogP contribution in [0.2, 0.25) is 0 Å². The van der Waals surface area contributed by atoms with Gasteiger partial charge >= 0.3 is 5.97 Å². The largest absolute Gasteiger partial charge is 0.458 e. The summed E-state index contributed by atoms with van der Waals surface area (Å²) in [6, 6.07) is 0. The zero-order chi connectivity index (χ0) is 18.2. The Morgan fingerprint density at radius 1 is 1.12 bits per heavy atom. The standard InChI is InChI=1S/C21H26O5/c1-9(2)11-5-15-21(26-15)19(4)7-10(3)16-12(8-24-18(16)23)13(19)6-14-20(21,25-14)17(11)22/h9-11,13-15H,5-8H2,1-4H3/t10-,11+,13+,14?,15?,19+,20-,21?/m1/s1. The molecule has 4 fully saturated rings. The molecule has 6 rings (SSSR count). The average molecular weight is 358 g/mol. The third kappa shape index (κ3) is 1.37. The molecule has 5 nitrogen and oxygen atoms in total. The van der Waals surface area contributed by atoms with E-state index in [9.17, 15) is 9.59 Å². The highest BCUT2D eigenvalue weighted by molar-refractivity contribution is 5.98. The number of carbonyl (C=O) groups is 2. The fraction of sp³-hybridized carbons (Fsp3) is 0.810. The molecule has 0 aromatic rings. The Balaban J connectivity index is 1.49. The molecule has 2 saturated heterocycles. The molecule has 8 atom stereocenters. The van der Waals surface area contributed by atoms with Crippen LogP contribution in [-0.2, 0) is 23.8 Å². The zero-order valence-electron chi connectivity index (χ0n) is 15.8. The van der Waals surface area contributed by atoms with Crippen LogP contribution in [0.25, 0.3) is 0 Å². The van der Waals surface area contributed by atoms with Gasteiger partial charge in [0.15, 0.2) is 11.4 Å². The molecule has 140 valence electrons. The van der Waals surface area contributed by atoms with Gasteiger partial charge in [-0.3, -0.25) is 4.79 Å². The van der Waals surface area contributed by atoms with Gasteiger partial charge in [-0.15, -0.1) is 0 Å². The van der Waals surface area contributed by atoms with E-state index >= 15 is 0 Å². The van der Waals surface area contributed by atoms with Crippen molar-refractivity contribution in [2.24, 2.45) is 29.1 Å². The summed E-state index contributed by atoms with van der Waals surface area (Å²) in [6.07, 6.45) is 2.54. The van der Waals surface area contributed by atoms with Crippen molar-refractivity contribution in [3.63, 3.8) is 0 Å². The lowest BCUT2D eigenvalue weighted by Gasteiger charge is -2.53. The molecule has 0 bridgehead atoms. The highest BCUT2D eigenvalue weighted by Crippen LogP contribution is 2.78. The molecular weight excluding hydrogens is 332 g/mol. The maximum atomic E-state index is 13.5. The Morgan fingerprint density at radius 3 is 2.62 bits per heavy atom. The van der Waals surface area contributed by atoms with Gasteiger partial charge < -0.3 is 14.2 Å². The Kier molecular flexibility index (Phi) is 2.60. The van der Waals surface area contributed by atoms with Gasteiger partial charge in [0.05, 0.1) is 12.2 Å². The lowest BCUT2D eigenvalue weighted by atomic mass is 9.46. The summed E-state index contributed by atoms with van der Waals surface area (Å²) in [4.78, 5) is 25.7. The van der Waals surface area contributed by atoms with Crippen molar-refractivity contribution >= 4 is 11.8 Å². The molecule has 3 unspecified atom stereocenters. The van der Waals surface area contributed by atoms with Crippen LogP contribution in [0.4, 0.5) is 0 Å². The minimum atomic E-state index is -0.725. The Labute approximate surface area is 153 Å². The highest BCUT2D eigenvalue weighted by Gasteiger charge is 2.93. The van der Waals surface area contributed by atoms with Gasteiger partial charge in [-0.1, -0.05) is 27.7 Å². The second kappa shape index (κ2) is 4.27. The van der Waals surface area contributed by atoms with Crippen LogP contribution in [0, 0.1) is 29.1 Å². The zero-order valence-corrected chi connectivity index (χ0v) is 15.8. The number of ketones is 1. The molecular formula is C21H26O5. The van der Waals surface area contributed by atoms with Gasteiger partial charge in [-0.05, 0) is 42.6 Å². The summed E-state index contributed by atoms with van der Waals surface area (Å²) in [5.74, 6) is 0.841. The van der Waals surface area contributed by atoms with E-state index in [4.69, 9.17) is 14.2 Å². The first-order valence-corrected chi connectivity index (χ1v) is 10.1. The van der Waals surface area contributed by atoms with E-state index in [0.29, 0.717) is 12.5 Å². The molecule has 6 aliphatic rings. The van der Waals surface area contributed by atoms with Gasteiger partial charge in [-0.2, -0.15) is 0 Å². The number of epoxide rings is 2. The number of esters is 1. The van der Waals surface area contributed by atoms with Crippen molar-refractivity contribution in [3.8, 4) is 0 Å². The molecule has 3 heterocycles. The maximum absolute atomic E-state index is 13.5. The highest BCUT2D eigenvalue weighted by atomic mass is 16.7. The van der Waals surface area contributed by atoms with Crippen molar-refractivity contribution in [2.45, 2.75) is 70.4 Å². The van der Waals surface area contributed by atoms with Crippen LogP contribution in [0.1, 0.15) is 47.0 Å². The number of cyclic esters (lactones) is 1. The van der Waals surface area contributed by atoms with Crippen molar-refractivity contribution in [1.82, 2.24) is 0 Å². The molecule has 0 aromatic carbocycles. The second-order valence-corrected chi connectivity index (χ2v) is 9.96. The van der Waals surface area contributed by atoms with E-state index in [1.165, 1.54) is 0 Å². The fourth-order valence-electron chi connectivity index (χ4n) is 7.50. The van der Waals surface area contributed by atoms with E-state index in [1.807, 2.05) is 0 Å². The van der Waals surface area contributed by atoms with E-state index in [1.54, 1.807) is 0 Å². The van der Waals surface area contributed by atoms with Crippen LogP contribution >= 0.6 is 0 Å². The number of Topliss-reactive ketones (excluding diaryl/α,β-unsaturated/α-hetero) is 1. The van der Waals surface area contributed by atoms with E-state index < -0.39 is 11.2 Å². The monoisotopic (exact) mass is 358 g/mol. The number of hydrogen-bond donors (Lipinski definition) is 0. The topological polar surface area (TPSA) is 68.4 Å². The molecule has 5 heteroatoms. The molecule has 0 radical (unpaired) electrons. The van der Waals surface area contributed by atoms with E-state index in [2.05, 4.69) is 27.7 Å². The van der Waals surface area contributed by atoms with Gasteiger partial charge in [0.25, 0.3) is 0 Å². The Morgan fingerprint density at radius 2 is 1.88 bits per heavy atom. The Bertz CT molecular complexity index is 798. The van der Waals surface area contributed by atoms with Crippen LogP contribution in [0.15, 0.2) is 11.1 Å². The first kappa shape index (κ1) is 15.8. The maximum Gasteiger partial charge on any atom is 0.334 e. The van der Waals surface area contributed by atoms with Crippen LogP contribution in [0.3, 0.4) is 0 Å². The van der Waals surface area contributed by atoms with Crippen molar-refractivity contribution in [1.29, 1.82) is 0 Å². The molecule has 26 heavy (non-hydrogen) atoms. The molecule has 2 spiro atoms. The summed E-state index contributed by atoms with van der Waals surface area (Å²) in [7, 11) is 0. The van der Waals surface area contributed by atoms with Crippen LogP contribution < -0.4 is 0 Å². The minimum absolute atomic E-state index is 0.0351. The van der Waals surface area contributed by atoms with Gasteiger partial charge in [0, 0.05) is 16.9 Å². The molecule has 0 aromatic heterocycles. The fourth-order valence-corrected chi connectivity index (χ4v) is 7.50. The Hall–Kier alpha value is -1.20. The molecule has 2 saturated carbocycles. The first-order chi connectivity index (χ1) is 12.3. The summed E-state index contributed by atoms with van der Waals surface area (Å²) in [5.41, 5.74) is 0.652. The van der Waals surface area contributed by atoms with E-state index in [-0.39, 0.29) is 47.1 Å². The number of rotatable bonds is 1. The van der Waals surface area contributed by atoms with Gasteiger partial charge in [-0.25, -0.2) is 4.79 Å². The van der Waals surface area contributed by atoms with Crippen LogP contribution in [0.5, 0.6) is 0 Å². The minimum Gasteiger partial charge on any atom is -0.458 e. The van der Waals surface area contributed by atoms with Crippen molar-refractivity contribution in [3.05, 3.63) is 11.1 Å². The van der Waals surface area contributed by atoms with Gasteiger partial charge in [0.1, 0.15) is 12.2 Å². The van der Waals surface area contributed by atoms with Crippen LogP contribution in [-0.4, -0.2) is 41.8 Å². The first-order valence-electron chi connectivity index (χ1n) is 10.1. The SMILES string of the molecule is CC(C)[C@@H]1CC2OC23[C@@]2(C)C[C@@H](C)C4=C(COC4=O)[C@@H]2CC2O[C@@]23C1=O. The summed E-state index contributed by atoms with van der Waals surface area (Å²) in [5, 5.41) is 0. The molecule has 3 aliphatic heterocycles. The normalized spacial score (nSPS) is 56.3. The summed E-state index contributed by atoms with van der Waals surface area (Å²) < 4.78 is 18.1. The predicted octanol–water partition coefficient (Wildman–Crippen LogP) is 2.43. The summed E-state index contributed by atoms with van der Waals surface area (Å²) >= 11 is 0. The predicted molar refractivity (Wildman–Crippen MR) is 91.1 cm³/mol. The van der Waals surface area contributed by atoms with Crippen molar-refractivity contribution < 1.29 is 23.8 Å². The molecule has 0 amide bonds. The smallest absolute Gasteiger partial charge is 0.334 e. The number of ether oxygens (including phenoxy) is 3. The second-order valence-electron chi connectivity index (χ2n) is 9.96. The lowest BCUT2D eigenvalue weighted by molar-refractivity contribution is -0.140. The quantitative estimate of drug-likeness (QED) is 0.532. The molecule has 0 N–H and O–H groups in total. The lowest BCUT2D eigenvalue weighted by Crippen LogP contribution is -2.65. The van der Waals surface area contributed by atoms with Crippen molar-refractivity contribution in [2.75, 3.05) is 6.61 Å².